The van der Waals surface area contributed by atoms with Crippen LogP contribution in [0.3, 0.4) is 0 Å². The second-order valence-corrected chi connectivity index (χ2v) is 3.55. The van der Waals surface area contributed by atoms with Crippen molar-refractivity contribution in [2.45, 2.75) is 0 Å². The van der Waals surface area contributed by atoms with E-state index >= 15 is 0 Å². The van der Waals surface area contributed by atoms with E-state index in [4.69, 9.17) is 4.42 Å². The van der Waals surface area contributed by atoms with Crippen LogP contribution in [0.15, 0.2) is 27.3 Å². The number of carbonyl (C=O) groups is 2. The van der Waals surface area contributed by atoms with E-state index in [9.17, 15) is 9.59 Å². The quantitative estimate of drug-likeness (QED) is 0.670. The van der Waals surface area contributed by atoms with Crippen LogP contribution in [0.25, 0.3) is 6.08 Å². The summed E-state index contributed by atoms with van der Waals surface area (Å²) >= 11 is 3.14. The molecule has 0 aromatic carbocycles. The van der Waals surface area contributed by atoms with Gasteiger partial charge >= 0.3 is 5.97 Å². The standard InChI is InChI=1S/C10H10BrNO4/c1-15-10(14)6-12-9(13)5-3-7-2-4-8(11)16-7/h2-5H,6H2,1H3,(H,12,13)/b5-3+. The van der Waals surface area contributed by atoms with Gasteiger partial charge < -0.3 is 14.5 Å². The average molecular weight is 288 g/mol. The summed E-state index contributed by atoms with van der Waals surface area (Å²) in [6.45, 7) is -0.151. The van der Waals surface area contributed by atoms with E-state index in [2.05, 4.69) is 26.0 Å². The maximum Gasteiger partial charge on any atom is 0.325 e. The van der Waals surface area contributed by atoms with Crippen molar-refractivity contribution in [2.24, 2.45) is 0 Å². The Morgan fingerprint density at radius 1 is 1.56 bits per heavy atom. The summed E-state index contributed by atoms with van der Waals surface area (Å²) in [6.07, 6.45) is 2.77. The number of ether oxygens (including phenoxy) is 1. The molecule has 1 amide bonds. The number of esters is 1. The molecule has 0 radical (unpaired) electrons. The number of rotatable bonds is 4. The van der Waals surface area contributed by atoms with E-state index in [-0.39, 0.29) is 6.54 Å². The first-order valence-corrected chi connectivity index (χ1v) is 5.19. The summed E-state index contributed by atoms with van der Waals surface area (Å²) in [5, 5.41) is 2.36. The zero-order chi connectivity index (χ0) is 12.0. The van der Waals surface area contributed by atoms with Gasteiger partial charge in [-0.1, -0.05) is 0 Å². The van der Waals surface area contributed by atoms with Crippen LogP contribution >= 0.6 is 15.9 Å². The Bertz CT molecular complexity index is 411. The van der Waals surface area contributed by atoms with Crippen LogP contribution in [0.4, 0.5) is 0 Å². The minimum atomic E-state index is -0.498. The highest BCUT2D eigenvalue weighted by Crippen LogP contribution is 2.14. The molecule has 16 heavy (non-hydrogen) atoms. The second-order valence-electron chi connectivity index (χ2n) is 2.77. The van der Waals surface area contributed by atoms with Crippen LogP contribution in [0.2, 0.25) is 0 Å². The van der Waals surface area contributed by atoms with Gasteiger partial charge in [0.1, 0.15) is 12.3 Å². The fourth-order valence-corrected chi connectivity index (χ4v) is 1.19. The zero-order valence-electron chi connectivity index (χ0n) is 8.53. The number of carbonyl (C=O) groups excluding carboxylic acids is 2. The lowest BCUT2D eigenvalue weighted by atomic mass is 10.4. The van der Waals surface area contributed by atoms with E-state index in [1.165, 1.54) is 19.3 Å². The molecule has 0 bridgehead atoms. The Morgan fingerprint density at radius 2 is 2.31 bits per heavy atom. The van der Waals surface area contributed by atoms with Crippen molar-refractivity contribution in [2.75, 3.05) is 13.7 Å². The van der Waals surface area contributed by atoms with Gasteiger partial charge in [0.15, 0.2) is 4.67 Å². The molecule has 0 aliphatic heterocycles. The van der Waals surface area contributed by atoms with E-state index in [0.717, 1.165) is 0 Å². The Balaban J connectivity index is 2.39. The smallest absolute Gasteiger partial charge is 0.325 e. The lowest BCUT2D eigenvalue weighted by Crippen LogP contribution is -2.28. The summed E-state index contributed by atoms with van der Waals surface area (Å²) in [4.78, 5) is 21.9. The number of nitrogens with one attached hydrogen (secondary N) is 1. The van der Waals surface area contributed by atoms with Crippen molar-refractivity contribution < 1.29 is 18.7 Å². The number of halogens is 1. The van der Waals surface area contributed by atoms with Crippen molar-refractivity contribution in [1.82, 2.24) is 5.32 Å². The van der Waals surface area contributed by atoms with Crippen molar-refractivity contribution in [3.8, 4) is 0 Å². The molecule has 0 spiro atoms. The maximum absolute atomic E-state index is 11.2. The summed E-state index contributed by atoms with van der Waals surface area (Å²) in [7, 11) is 1.25. The zero-order valence-corrected chi connectivity index (χ0v) is 10.1. The van der Waals surface area contributed by atoms with Gasteiger partial charge in [0, 0.05) is 6.08 Å². The molecule has 0 aliphatic rings. The van der Waals surface area contributed by atoms with Gasteiger partial charge in [-0.15, -0.1) is 0 Å². The average Bonchev–Trinajstić information content (AvgIpc) is 2.69. The molecule has 0 atom stereocenters. The second kappa shape index (κ2) is 6.12. The first-order valence-electron chi connectivity index (χ1n) is 4.40. The van der Waals surface area contributed by atoms with Crippen LogP contribution in [0.5, 0.6) is 0 Å². The lowest BCUT2D eigenvalue weighted by Gasteiger charge is -1.98. The summed E-state index contributed by atoms with van der Waals surface area (Å²) in [6, 6.07) is 3.42. The summed E-state index contributed by atoms with van der Waals surface area (Å²) in [5.74, 6) is -0.347. The fourth-order valence-electron chi connectivity index (χ4n) is 0.866. The normalized spacial score (nSPS) is 10.4. The van der Waals surface area contributed by atoms with Crippen LogP contribution in [-0.2, 0) is 14.3 Å². The first kappa shape index (κ1) is 12.5. The minimum Gasteiger partial charge on any atom is -0.468 e. The van der Waals surface area contributed by atoms with Gasteiger partial charge in [0.2, 0.25) is 5.91 Å². The van der Waals surface area contributed by atoms with Crippen molar-refractivity contribution in [1.29, 1.82) is 0 Å². The van der Waals surface area contributed by atoms with Gasteiger partial charge in [-0.3, -0.25) is 9.59 Å². The molecule has 0 unspecified atom stereocenters. The third-order valence-electron chi connectivity index (χ3n) is 1.63. The molecular formula is C10H10BrNO4. The molecule has 1 heterocycles. The van der Waals surface area contributed by atoms with E-state index in [1.807, 2.05) is 0 Å². The predicted octanol–water partition coefficient (Wildman–Crippen LogP) is 1.34. The maximum atomic E-state index is 11.2. The van der Waals surface area contributed by atoms with Gasteiger partial charge in [-0.25, -0.2) is 0 Å². The Labute approximate surface area is 101 Å². The molecule has 6 heteroatoms. The number of hydrogen-bond donors (Lipinski definition) is 1. The molecule has 0 saturated heterocycles. The van der Waals surface area contributed by atoms with Crippen LogP contribution in [0, 0.1) is 0 Å². The van der Waals surface area contributed by atoms with E-state index < -0.39 is 11.9 Å². The van der Waals surface area contributed by atoms with Gasteiger partial charge in [0.05, 0.1) is 7.11 Å². The lowest BCUT2D eigenvalue weighted by molar-refractivity contribution is -0.140. The summed E-state index contributed by atoms with van der Waals surface area (Å²) < 4.78 is 10.1. The SMILES string of the molecule is COC(=O)CNC(=O)/C=C/c1ccc(Br)o1. The first-order chi connectivity index (χ1) is 7.61. The largest absolute Gasteiger partial charge is 0.468 e. The van der Waals surface area contributed by atoms with Gasteiger partial charge in [-0.2, -0.15) is 0 Å². The molecular weight excluding hydrogens is 278 g/mol. The molecule has 1 aromatic heterocycles. The highest BCUT2D eigenvalue weighted by Gasteiger charge is 2.02. The van der Waals surface area contributed by atoms with Crippen molar-refractivity contribution in [3.05, 3.63) is 28.6 Å². The third kappa shape index (κ3) is 4.31. The van der Waals surface area contributed by atoms with Gasteiger partial charge in [-0.05, 0) is 34.1 Å². The number of amides is 1. The van der Waals surface area contributed by atoms with Crippen molar-refractivity contribution in [3.63, 3.8) is 0 Å². The Hall–Kier alpha value is -1.56. The molecule has 86 valence electrons. The van der Waals surface area contributed by atoms with Crippen LogP contribution < -0.4 is 5.32 Å². The van der Waals surface area contributed by atoms with E-state index in [0.29, 0.717) is 10.4 Å². The molecule has 0 saturated carbocycles. The molecule has 1 N–H and O–H groups in total. The fraction of sp³-hybridized carbons (Fsp3) is 0.200. The number of methoxy groups -OCH3 is 1. The Morgan fingerprint density at radius 3 is 2.88 bits per heavy atom. The molecule has 1 aromatic rings. The highest BCUT2D eigenvalue weighted by molar-refractivity contribution is 9.10. The monoisotopic (exact) mass is 287 g/mol. The van der Waals surface area contributed by atoms with Crippen LogP contribution in [0.1, 0.15) is 5.76 Å². The van der Waals surface area contributed by atoms with Crippen LogP contribution in [-0.4, -0.2) is 25.5 Å². The molecule has 1 rings (SSSR count). The number of furan rings is 1. The minimum absolute atomic E-state index is 0.151. The molecule has 0 aliphatic carbocycles. The summed E-state index contributed by atoms with van der Waals surface area (Å²) in [5.41, 5.74) is 0. The third-order valence-corrected chi connectivity index (χ3v) is 2.05. The topological polar surface area (TPSA) is 68.5 Å². The molecule has 5 nitrogen and oxygen atoms in total. The van der Waals surface area contributed by atoms with Crippen molar-refractivity contribution >= 4 is 33.9 Å². The highest BCUT2D eigenvalue weighted by atomic mass is 79.9. The molecule has 0 fully saturated rings. The van der Waals surface area contributed by atoms with E-state index in [1.54, 1.807) is 12.1 Å². The predicted molar refractivity (Wildman–Crippen MR) is 60.5 cm³/mol. The van der Waals surface area contributed by atoms with Gasteiger partial charge in [0.25, 0.3) is 0 Å². The Kier molecular flexibility index (Phi) is 4.78. The number of hydrogen-bond acceptors (Lipinski definition) is 4.